The van der Waals surface area contributed by atoms with Crippen LogP contribution in [0.25, 0.3) is 5.57 Å². The van der Waals surface area contributed by atoms with Crippen molar-refractivity contribution in [3.63, 3.8) is 0 Å². The van der Waals surface area contributed by atoms with Crippen molar-refractivity contribution in [3.05, 3.63) is 78.2 Å². The number of primary amides is 1. The van der Waals surface area contributed by atoms with E-state index in [1.807, 2.05) is 24.3 Å². The fourth-order valence-electron chi connectivity index (χ4n) is 3.08. The Balaban J connectivity index is 1.55. The quantitative estimate of drug-likeness (QED) is 0.876. The summed E-state index contributed by atoms with van der Waals surface area (Å²) in [7, 11) is 0. The van der Waals surface area contributed by atoms with E-state index in [1.165, 1.54) is 11.1 Å². The summed E-state index contributed by atoms with van der Waals surface area (Å²) in [6.07, 6.45) is 5.67. The average Bonchev–Trinajstić information content (AvgIpc) is 2.63. The van der Waals surface area contributed by atoms with Crippen LogP contribution >= 0.6 is 0 Å². The molecule has 2 N–H and O–H groups in total. The van der Waals surface area contributed by atoms with Gasteiger partial charge >= 0.3 is 6.09 Å². The molecule has 1 aliphatic heterocycles. The Labute approximate surface area is 148 Å². The van der Waals surface area contributed by atoms with Crippen molar-refractivity contribution in [1.29, 1.82) is 0 Å². The monoisotopic (exact) mass is 335 g/mol. The van der Waals surface area contributed by atoms with Crippen LogP contribution in [0.2, 0.25) is 0 Å². The molecule has 25 heavy (non-hydrogen) atoms. The highest BCUT2D eigenvalue weighted by Gasteiger charge is 2.16. The molecule has 4 heteroatoms. The van der Waals surface area contributed by atoms with Gasteiger partial charge in [-0.2, -0.15) is 0 Å². The van der Waals surface area contributed by atoms with Crippen LogP contribution in [0.1, 0.15) is 17.5 Å². The molecule has 1 amide bonds. The number of amides is 1. The van der Waals surface area contributed by atoms with Gasteiger partial charge in [0.1, 0.15) is 5.75 Å². The molecule has 3 rings (SSSR count). The van der Waals surface area contributed by atoms with Crippen LogP contribution in [0.4, 0.5) is 4.79 Å². The molecule has 0 saturated heterocycles. The maximum Gasteiger partial charge on any atom is 0.409 e. The number of ether oxygens (including phenoxy) is 1. The Morgan fingerprint density at radius 2 is 1.88 bits per heavy atom. The smallest absolute Gasteiger partial charge is 0.409 e. The number of nitrogens with zero attached hydrogens (tertiary/aromatic N) is 1. The molecule has 1 aliphatic rings. The van der Waals surface area contributed by atoms with E-state index in [4.69, 9.17) is 10.5 Å². The van der Waals surface area contributed by atoms with Gasteiger partial charge in [-0.1, -0.05) is 54.6 Å². The molecule has 1 heterocycles. The van der Waals surface area contributed by atoms with Crippen LogP contribution in [0.15, 0.2) is 60.7 Å². The number of hydrogen-bond donors (Lipinski definition) is 1. The van der Waals surface area contributed by atoms with Gasteiger partial charge in [0, 0.05) is 25.2 Å². The van der Waals surface area contributed by atoms with Gasteiger partial charge in [0.15, 0.2) is 0 Å². The van der Waals surface area contributed by atoms with E-state index >= 15 is 0 Å². The van der Waals surface area contributed by atoms with Crippen molar-refractivity contribution in [2.24, 2.45) is 5.73 Å². The van der Waals surface area contributed by atoms with E-state index in [-0.39, 0.29) is 0 Å². The largest absolute Gasteiger partial charge is 0.410 e. The zero-order chi connectivity index (χ0) is 17.5. The Kier molecular flexibility index (Phi) is 5.86. The second-order valence-electron chi connectivity index (χ2n) is 6.13. The van der Waals surface area contributed by atoms with Crippen LogP contribution in [-0.2, 0) is 6.42 Å². The first-order valence-electron chi connectivity index (χ1n) is 8.56. The van der Waals surface area contributed by atoms with Crippen molar-refractivity contribution in [1.82, 2.24) is 4.90 Å². The van der Waals surface area contributed by atoms with Gasteiger partial charge in [-0.25, -0.2) is 4.79 Å². The van der Waals surface area contributed by atoms with Gasteiger partial charge in [-0.3, -0.25) is 4.90 Å². The molecule has 0 fully saturated rings. The van der Waals surface area contributed by atoms with E-state index in [2.05, 4.69) is 41.7 Å². The third-order valence-electron chi connectivity index (χ3n) is 4.35. The number of nitrogens with two attached hydrogens (primary N) is 1. The highest BCUT2D eigenvalue weighted by molar-refractivity contribution is 5.75. The molecule has 2 aromatic rings. The van der Waals surface area contributed by atoms with Crippen LogP contribution in [0.5, 0.6) is 5.75 Å². The normalized spacial score (nSPS) is 14.8. The molecular formula is C21H23N2O2. The molecule has 2 aromatic carbocycles. The second-order valence-corrected chi connectivity index (χ2v) is 6.13. The zero-order valence-electron chi connectivity index (χ0n) is 14.2. The minimum Gasteiger partial charge on any atom is -0.410 e. The zero-order valence-corrected chi connectivity index (χ0v) is 14.2. The highest BCUT2D eigenvalue weighted by Crippen LogP contribution is 2.30. The molecule has 0 spiro atoms. The maximum atomic E-state index is 11.1. The summed E-state index contributed by atoms with van der Waals surface area (Å²) in [4.78, 5) is 13.5. The number of hydrogen-bond acceptors (Lipinski definition) is 3. The first-order valence-corrected chi connectivity index (χ1v) is 8.56. The first-order chi connectivity index (χ1) is 12.2. The summed E-state index contributed by atoms with van der Waals surface area (Å²) >= 11 is 0. The lowest BCUT2D eigenvalue weighted by molar-refractivity contribution is 0.210. The Morgan fingerprint density at radius 1 is 1.12 bits per heavy atom. The summed E-state index contributed by atoms with van der Waals surface area (Å²) in [6, 6.07) is 18.0. The van der Waals surface area contributed by atoms with Crippen molar-refractivity contribution >= 4 is 11.7 Å². The molecule has 129 valence electrons. The van der Waals surface area contributed by atoms with Crippen molar-refractivity contribution in [3.8, 4) is 5.75 Å². The summed E-state index contributed by atoms with van der Waals surface area (Å²) in [6.45, 7) is 2.85. The molecule has 0 saturated carbocycles. The fourth-order valence-corrected chi connectivity index (χ4v) is 3.08. The minimum absolute atomic E-state index is 0.533. The fraction of sp³-hybridized carbons (Fsp3) is 0.238. The Bertz CT molecular complexity index is 741. The molecule has 0 atom stereocenters. The number of rotatable bonds is 6. The van der Waals surface area contributed by atoms with Crippen molar-refractivity contribution < 1.29 is 9.53 Å². The number of carbonyl (C=O) groups excluding carboxylic acids is 1. The summed E-state index contributed by atoms with van der Waals surface area (Å²) < 4.78 is 5.12. The lowest BCUT2D eigenvalue weighted by Crippen LogP contribution is -2.30. The number of carbonyl (C=O) groups is 1. The maximum absolute atomic E-state index is 11.1. The Hall–Kier alpha value is -2.59. The van der Waals surface area contributed by atoms with E-state index in [9.17, 15) is 4.79 Å². The van der Waals surface area contributed by atoms with Crippen LogP contribution in [0.3, 0.4) is 0 Å². The van der Waals surface area contributed by atoms with E-state index in [1.54, 1.807) is 6.07 Å². The van der Waals surface area contributed by atoms with E-state index in [0.29, 0.717) is 5.75 Å². The van der Waals surface area contributed by atoms with Gasteiger partial charge in [-0.05, 0) is 36.5 Å². The number of benzene rings is 2. The second kappa shape index (κ2) is 8.49. The molecule has 4 nitrogen and oxygen atoms in total. The van der Waals surface area contributed by atoms with Crippen molar-refractivity contribution in [2.45, 2.75) is 12.8 Å². The topological polar surface area (TPSA) is 55.6 Å². The molecule has 0 unspecified atom stereocenters. The van der Waals surface area contributed by atoms with Gasteiger partial charge in [0.2, 0.25) is 0 Å². The average molecular weight is 335 g/mol. The predicted octanol–water partition coefficient (Wildman–Crippen LogP) is 3.68. The standard InChI is InChI=1S/C21H23N2O2/c22-21(24)25-20-11-5-4-10-19(20)18-12-15-23(16-13-18)14-6-9-17-7-2-1-3-8-17/h1-8,10-12H,9,13-16H2,(H2,22,24). The molecular weight excluding hydrogens is 312 g/mol. The van der Waals surface area contributed by atoms with Gasteiger partial charge < -0.3 is 10.5 Å². The van der Waals surface area contributed by atoms with Crippen LogP contribution in [0, 0.1) is 6.42 Å². The van der Waals surface area contributed by atoms with Gasteiger partial charge in [0.25, 0.3) is 0 Å². The summed E-state index contributed by atoms with van der Waals surface area (Å²) in [5.74, 6) is 0.533. The Morgan fingerprint density at radius 3 is 2.60 bits per heavy atom. The molecule has 0 aromatic heterocycles. The van der Waals surface area contributed by atoms with E-state index in [0.717, 1.165) is 38.0 Å². The SMILES string of the molecule is NC(=O)Oc1ccccc1C1=CCN(C[CH]Cc2ccccc2)CC1. The predicted molar refractivity (Wildman–Crippen MR) is 100 cm³/mol. The number of para-hydroxylation sites is 1. The first kappa shape index (κ1) is 17.2. The highest BCUT2D eigenvalue weighted by atomic mass is 16.5. The van der Waals surface area contributed by atoms with Crippen LogP contribution in [-0.4, -0.2) is 30.6 Å². The van der Waals surface area contributed by atoms with Crippen molar-refractivity contribution in [2.75, 3.05) is 19.6 Å². The lowest BCUT2D eigenvalue weighted by Gasteiger charge is -2.26. The lowest BCUT2D eigenvalue weighted by atomic mass is 9.98. The molecule has 1 radical (unpaired) electrons. The molecule has 0 bridgehead atoms. The third kappa shape index (κ3) is 4.94. The van der Waals surface area contributed by atoms with Crippen LogP contribution < -0.4 is 10.5 Å². The molecule has 0 aliphatic carbocycles. The summed E-state index contributed by atoms with van der Waals surface area (Å²) in [5.41, 5.74) is 8.65. The van der Waals surface area contributed by atoms with Gasteiger partial charge in [-0.15, -0.1) is 0 Å². The van der Waals surface area contributed by atoms with E-state index < -0.39 is 6.09 Å². The summed E-state index contributed by atoms with van der Waals surface area (Å²) in [5, 5.41) is 0. The minimum atomic E-state index is -0.777. The third-order valence-corrected chi connectivity index (χ3v) is 4.35. The van der Waals surface area contributed by atoms with Gasteiger partial charge in [0.05, 0.1) is 0 Å².